The average molecular weight is 528 g/mol. The molecule has 0 aliphatic carbocycles. The second-order valence-corrected chi connectivity index (χ2v) is 9.19. The van der Waals surface area contributed by atoms with Gasteiger partial charge >= 0.3 is 0 Å². The smallest absolute Gasteiger partial charge is 0.276 e. The third kappa shape index (κ3) is 5.40. The van der Waals surface area contributed by atoms with Crippen molar-refractivity contribution in [1.82, 2.24) is 15.1 Å². The Morgan fingerprint density at radius 2 is 1.89 bits per heavy atom. The van der Waals surface area contributed by atoms with E-state index in [1.165, 1.54) is 6.21 Å². The summed E-state index contributed by atoms with van der Waals surface area (Å²) in [6, 6.07) is 6.16. The van der Waals surface area contributed by atoms with E-state index in [0.717, 1.165) is 36.4 Å². The first-order chi connectivity index (χ1) is 18.1. The number of carbonyl (C=O) groups is 1. The molecule has 38 heavy (non-hydrogen) atoms. The van der Waals surface area contributed by atoms with E-state index in [4.69, 9.17) is 5.73 Å². The van der Waals surface area contributed by atoms with Gasteiger partial charge in [0.25, 0.3) is 11.5 Å². The molecule has 0 spiro atoms. The van der Waals surface area contributed by atoms with E-state index in [-0.39, 0.29) is 29.2 Å². The number of amides is 1. The van der Waals surface area contributed by atoms with Crippen LogP contribution in [0.3, 0.4) is 0 Å². The highest BCUT2D eigenvalue weighted by Crippen LogP contribution is 2.37. The molecule has 2 heterocycles. The van der Waals surface area contributed by atoms with Gasteiger partial charge in [-0.25, -0.2) is 13.2 Å². The first-order valence-corrected chi connectivity index (χ1v) is 12.1. The largest absolute Gasteiger partial charge is 0.396 e. The van der Waals surface area contributed by atoms with Gasteiger partial charge < -0.3 is 21.3 Å². The van der Waals surface area contributed by atoms with Crippen LogP contribution in [0, 0.1) is 17.5 Å². The van der Waals surface area contributed by atoms with Crippen LogP contribution in [-0.2, 0) is 0 Å². The Bertz CT molecular complexity index is 1440. The molecule has 4 N–H and O–H groups in total. The maximum absolute atomic E-state index is 15.0. The Balaban J connectivity index is 1.81. The van der Waals surface area contributed by atoms with Gasteiger partial charge in [0.2, 0.25) is 0 Å². The number of para-hydroxylation sites is 1. The fraction of sp³-hybridized carbons (Fsp3) is 0.308. The number of hydrogen-bond donors (Lipinski definition) is 3. The number of aromatic nitrogens is 2. The summed E-state index contributed by atoms with van der Waals surface area (Å²) < 4.78 is 44.1. The molecule has 1 atom stereocenters. The Labute approximate surface area is 217 Å². The van der Waals surface area contributed by atoms with Gasteiger partial charge in [-0.15, -0.1) is 0 Å². The number of nitrogens with two attached hydrogens (primary N) is 1. The number of aliphatic imine (C=N–C) groups is 1. The zero-order valence-electron chi connectivity index (χ0n) is 21.1. The maximum Gasteiger partial charge on any atom is 0.276 e. The number of anilines is 3. The second kappa shape index (κ2) is 11.1. The molecular weight excluding hydrogens is 499 g/mol. The molecule has 1 aliphatic heterocycles. The quantitative estimate of drug-likeness (QED) is 0.335. The molecule has 0 bridgehead atoms. The van der Waals surface area contributed by atoms with Gasteiger partial charge in [0.05, 0.1) is 17.1 Å². The van der Waals surface area contributed by atoms with Gasteiger partial charge in [-0.05, 0) is 39.0 Å². The molecule has 1 amide bonds. The minimum absolute atomic E-state index is 0.0282. The van der Waals surface area contributed by atoms with Crippen molar-refractivity contribution < 1.29 is 18.0 Å². The lowest BCUT2D eigenvalue weighted by Crippen LogP contribution is -2.50. The summed E-state index contributed by atoms with van der Waals surface area (Å²) >= 11 is 0. The number of halogens is 3. The zero-order valence-corrected chi connectivity index (χ0v) is 21.1. The number of carbonyl (C=O) groups excluding carboxylic acids is 1. The number of rotatable bonds is 6. The van der Waals surface area contributed by atoms with Gasteiger partial charge in [-0.3, -0.25) is 14.6 Å². The number of piperazine rings is 1. The summed E-state index contributed by atoms with van der Waals surface area (Å²) in [6.07, 6.45) is 1.49. The Hall–Kier alpha value is -4.19. The fourth-order valence-corrected chi connectivity index (χ4v) is 4.18. The highest BCUT2D eigenvalue weighted by Gasteiger charge is 2.27. The van der Waals surface area contributed by atoms with Crippen molar-refractivity contribution in [3.05, 3.63) is 75.5 Å². The summed E-state index contributed by atoms with van der Waals surface area (Å²) in [5, 5.41) is 9.81. The standard InChI is InChI=1S/C26H28F3N7O2/c1-14(2)32-13-16-23(30)19(29)11-21(24(16)35-10-9-31-12-15(35)3)33-26(38)20-7-8-22(37)36(34-20)25-17(27)5-4-6-18(25)28/h4-8,11,13-15,31H,9-10,12,30H2,1-3H3,(H,33,38)/t15-/m0/s1. The van der Waals surface area contributed by atoms with Crippen LogP contribution in [0.15, 0.2) is 46.2 Å². The van der Waals surface area contributed by atoms with Crippen molar-refractivity contribution in [3.8, 4) is 5.69 Å². The summed E-state index contributed by atoms with van der Waals surface area (Å²) in [7, 11) is 0. The zero-order chi connectivity index (χ0) is 27.6. The topological polar surface area (TPSA) is 118 Å². The number of nitrogens with one attached hydrogen (secondary N) is 2. The molecule has 1 aromatic heterocycles. The summed E-state index contributed by atoms with van der Waals surface area (Å²) in [5.74, 6) is -3.64. The lowest BCUT2D eigenvalue weighted by molar-refractivity contribution is 0.102. The van der Waals surface area contributed by atoms with E-state index in [9.17, 15) is 22.8 Å². The van der Waals surface area contributed by atoms with Crippen LogP contribution < -0.4 is 26.8 Å². The molecule has 2 aromatic carbocycles. The van der Waals surface area contributed by atoms with Crippen molar-refractivity contribution in [2.45, 2.75) is 32.9 Å². The monoisotopic (exact) mass is 527 g/mol. The molecular formula is C26H28F3N7O2. The minimum atomic E-state index is -1.03. The van der Waals surface area contributed by atoms with Gasteiger partial charge in [0.15, 0.2) is 11.6 Å². The molecule has 200 valence electrons. The van der Waals surface area contributed by atoms with Crippen molar-refractivity contribution in [2.24, 2.45) is 4.99 Å². The number of nitrogen functional groups attached to an aromatic ring is 1. The lowest BCUT2D eigenvalue weighted by Gasteiger charge is -2.38. The maximum atomic E-state index is 15.0. The van der Waals surface area contributed by atoms with Crippen LogP contribution in [0.4, 0.5) is 30.2 Å². The van der Waals surface area contributed by atoms with Gasteiger partial charge in [0, 0.05) is 55.6 Å². The van der Waals surface area contributed by atoms with Crippen molar-refractivity contribution in [3.63, 3.8) is 0 Å². The number of hydrogen-bond acceptors (Lipinski definition) is 7. The molecule has 0 radical (unpaired) electrons. The van der Waals surface area contributed by atoms with Crippen molar-refractivity contribution in [2.75, 3.05) is 35.6 Å². The lowest BCUT2D eigenvalue weighted by atomic mass is 10.0. The highest BCUT2D eigenvalue weighted by atomic mass is 19.1. The predicted octanol–water partition coefficient (Wildman–Crippen LogP) is 3.11. The Morgan fingerprint density at radius 1 is 1.18 bits per heavy atom. The van der Waals surface area contributed by atoms with E-state index in [2.05, 4.69) is 20.7 Å². The summed E-state index contributed by atoms with van der Waals surface area (Å²) in [6.45, 7) is 7.54. The summed E-state index contributed by atoms with van der Waals surface area (Å²) in [5.41, 5.74) is 5.03. The molecule has 9 nitrogen and oxygen atoms in total. The molecule has 1 saturated heterocycles. The van der Waals surface area contributed by atoms with Crippen LogP contribution in [0.5, 0.6) is 0 Å². The third-order valence-corrected chi connectivity index (χ3v) is 6.05. The number of benzene rings is 2. The fourth-order valence-electron chi connectivity index (χ4n) is 4.18. The molecule has 1 aliphatic rings. The third-order valence-electron chi connectivity index (χ3n) is 6.05. The molecule has 1 fully saturated rings. The Kier molecular flexibility index (Phi) is 7.81. The molecule has 0 saturated carbocycles. The Morgan fingerprint density at radius 3 is 2.55 bits per heavy atom. The van der Waals surface area contributed by atoms with Crippen LogP contribution in [0.1, 0.15) is 36.8 Å². The van der Waals surface area contributed by atoms with Crippen LogP contribution in [0.25, 0.3) is 5.69 Å². The SMILES string of the molecule is CC(C)N=Cc1c(N)c(F)cc(NC(=O)c2ccc(=O)n(-c3c(F)cccc3F)n2)c1N1CCNC[C@@H]1C. The van der Waals surface area contributed by atoms with Gasteiger partial charge in [-0.2, -0.15) is 9.78 Å². The van der Waals surface area contributed by atoms with Crippen LogP contribution in [0.2, 0.25) is 0 Å². The predicted molar refractivity (Wildman–Crippen MR) is 141 cm³/mol. The summed E-state index contributed by atoms with van der Waals surface area (Å²) in [4.78, 5) is 32.0. The van der Waals surface area contributed by atoms with Crippen molar-refractivity contribution >= 4 is 29.2 Å². The van der Waals surface area contributed by atoms with Crippen molar-refractivity contribution in [1.29, 1.82) is 0 Å². The van der Waals surface area contributed by atoms with Gasteiger partial charge in [0.1, 0.15) is 17.2 Å². The second-order valence-electron chi connectivity index (χ2n) is 9.19. The number of nitrogens with zero attached hydrogens (tertiary/aromatic N) is 4. The van der Waals surface area contributed by atoms with E-state index < -0.39 is 34.6 Å². The van der Waals surface area contributed by atoms with Crippen LogP contribution in [-0.4, -0.2) is 53.6 Å². The molecule has 0 unspecified atom stereocenters. The molecule has 3 aromatic rings. The van der Waals surface area contributed by atoms with E-state index >= 15 is 0 Å². The highest BCUT2D eigenvalue weighted by molar-refractivity contribution is 6.08. The molecule has 12 heteroatoms. The first-order valence-electron chi connectivity index (χ1n) is 12.1. The van der Waals surface area contributed by atoms with E-state index in [1.54, 1.807) is 0 Å². The average Bonchev–Trinajstić information content (AvgIpc) is 2.86. The minimum Gasteiger partial charge on any atom is -0.396 e. The van der Waals surface area contributed by atoms with E-state index in [0.29, 0.717) is 35.6 Å². The molecule has 4 rings (SSSR count). The first kappa shape index (κ1) is 26.9. The normalized spacial score (nSPS) is 15.9. The van der Waals surface area contributed by atoms with E-state index in [1.807, 2.05) is 25.7 Å². The van der Waals surface area contributed by atoms with Gasteiger partial charge in [-0.1, -0.05) is 6.07 Å². The van der Waals surface area contributed by atoms with Crippen LogP contribution >= 0.6 is 0 Å².